The molecule has 2 aromatic rings. The lowest BCUT2D eigenvalue weighted by Crippen LogP contribution is -2.38. The maximum Gasteiger partial charge on any atom is 0.219 e. The summed E-state index contributed by atoms with van der Waals surface area (Å²) in [5.41, 5.74) is 1.87. The Hall–Kier alpha value is -2.50. The molecule has 1 aliphatic rings. The lowest BCUT2D eigenvalue weighted by atomic mass is 9.97. The minimum atomic E-state index is 0.120. The molecule has 6 nitrogen and oxygen atoms in total. The molecule has 0 aliphatic carbocycles. The van der Waals surface area contributed by atoms with Gasteiger partial charge in [-0.3, -0.25) is 4.79 Å². The van der Waals surface area contributed by atoms with Crippen molar-refractivity contribution >= 4 is 17.5 Å². The van der Waals surface area contributed by atoms with E-state index < -0.39 is 0 Å². The van der Waals surface area contributed by atoms with Gasteiger partial charge in [-0.15, -0.1) is 0 Å². The number of amides is 1. The van der Waals surface area contributed by atoms with Crippen molar-refractivity contribution in [2.45, 2.75) is 39.5 Å². The van der Waals surface area contributed by atoms with Crippen LogP contribution < -0.4 is 5.32 Å². The van der Waals surface area contributed by atoms with Gasteiger partial charge < -0.3 is 10.2 Å². The SMILES string of the molecule is CC(=O)N1CCCC(c2nc(C)cc(Nc3cccc(C)n3)n2)C1. The summed E-state index contributed by atoms with van der Waals surface area (Å²) in [5, 5.41) is 3.26. The maximum absolute atomic E-state index is 11.6. The van der Waals surface area contributed by atoms with Crippen LogP contribution in [-0.2, 0) is 4.79 Å². The molecule has 1 unspecified atom stereocenters. The Labute approximate surface area is 142 Å². The third-order valence-corrected chi connectivity index (χ3v) is 4.25. The Kier molecular flexibility index (Phi) is 4.74. The number of carbonyl (C=O) groups excluding carboxylic acids is 1. The highest BCUT2D eigenvalue weighted by Crippen LogP contribution is 2.26. The lowest BCUT2D eigenvalue weighted by molar-refractivity contribution is -0.130. The Bertz CT molecular complexity index is 746. The fourth-order valence-corrected chi connectivity index (χ4v) is 3.06. The number of piperidine rings is 1. The Morgan fingerprint density at radius 2 is 2.00 bits per heavy atom. The molecule has 0 radical (unpaired) electrons. The standard InChI is InChI=1S/C18H23N5O/c1-12-6-4-8-16(19-12)21-17-10-13(2)20-18(22-17)15-7-5-9-23(11-15)14(3)24/h4,6,8,10,15H,5,7,9,11H2,1-3H3,(H,19,20,21,22). The van der Waals surface area contributed by atoms with Gasteiger partial charge >= 0.3 is 0 Å². The molecule has 126 valence electrons. The van der Waals surface area contributed by atoms with E-state index >= 15 is 0 Å². The number of anilines is 2. The van der Waals surface area contributed by atoms with Gasteiger partial charge in [0.25, 0.3) is 0 Å². The van der Waals surface area contributed by atoms with E-state index in [9.17, 15) is 4.79 Å². The first-order valence-electron chi connectivity index (χ1n) is 8.33. The van der Waals surface area contributed by atoms with Gasteiger partial charge in [0.15, 0.2) is 0 Å². The van der Waals surface area contributed by atoms with Crippen LogP contribution in [-0.4, -0.2) is 38.8 Å². The quantitative estimate of drug-likeness (QED) is 0.939. The van der Waals surface area contributed by atoms with Crippen LogP contribution in [0.3, 0.4) is 0 Å². The van der Waals surface area contributed by atoms with Crippen molar-refractivity contribution in [1.82, 2.24) is 19.9 Å². The van der Waals surface area contributed by atoms with Crippen LogP contribution in [0.25, 0.3) is 0 Å². The van der Waals surface area contributed by atoms with Crippen molar-refractivity contribution in [3.63, 3.8) is 0 Å². The molecule has 0 bridgehead atoms. The van der Waals surface area contributed by atoms with Gasteiger partial charge in [-0.05, 0) is 38.8 Å². The van der Waals surface area contributed by atoms with Gasteiger partial charge in [0.05, 0.1) is 0 Å². The summed E-state index contributed by atoms with van der Waals surface area (Å²) >= 11 is 0. The van der Waals surface area contributed by atoms with Gasteiger partial charge in [-0.1, -0.05) is 6.07 Å². The summed E-state index contributed by atoms with van der Waals surface area (Å²) in [6.45, 7) is 7.07. The first kappa shape index (κ1) is 16.4. The highest BCUT2D eigenvalue weighted by atomic mass is 16.2. The van der Waals surface area contributed by atoms with Crippen LogP contribution >= 0.6 is 0 Å². The predicted octanol–water partition coefficient (Wildman–Crippen LogP) is 2.96. The molecular weight excluding hydrogens is 302 g/mol. The fraction of sp³-hybridized carbons (Fsp3) is 0.444. The van der Waals surface area contributed by atoms with E-state index in [-0.39, 0.29) is 11.8 Å². The minimum absolute atomic E-state index is 0.120. The number of pyridine rings is 1. The summed E-state index contributed by atoms with van der Waals surface area (Å²) < 4.78 is 0. The number of likely N-dealkylation sites (tertiary alicyclic amines) is 1. The number of hydrogen-bond acceptors (Lipinski definition) is 5. The summed E-state index contributed by atoms with van der Waals surface area (Å²) in [6, 6.07) is 7.76. The molecule has 1 aliphatic heterocycles. The molecule has 3 heterocycles. The van der Waals surface area contributed by atoms with Gasteiger partial charge in [-0.25, -0.2) is 15.0 Å². The molecule has 6 heteroatoms. The third kappa shape index (κ3) is 3.88. The molecule has 1 atom stereocenters. The molecule has 0 spiro atoms. The van der Waals surface area contributed by atoms with Crippen molar-refractivity contribution in [3.05, 3.63) is 41.5 Å². The highest BCUT2D eigenvalue weighted by Gasteiger charge is 2.25. The number of nitrogens with one attached hydrogen (secondary N) is 1. The topological polar surface area (TPSA) is 71.0 Å². The largest absolute Gasteiger partial charge is 0.342 e. The first-order chi connectivity index (χ1) is 11.5. The number of carbonyl (C=O) groups is 1. The van der Waals surface area contributed by atoms with E-state index in [4.69, 9.17) is 0 Å². The molecule has 1 fully saturated rings. The zero-order chi connectivity index (χ0) is 17.1. The second-order valence-electron chi connectivity index (χ2n) is 6.35. The molecule has 3 rings (SSSR count). The second kappa shape index (κ2) is 6.95. The molecule has 1 N–H and O–H groups in total. The van der Waals surface area contributed by atoms with Crippen molar-refractivity contribution in [2.75, 3.05) is 18.4 Å². The zero-order valence-corrected chi connectivity index (χ0v) is 14.4. The summed E-state index contributed by atoms with van der Waals surface area (Å²) in [6.07, 6.45) is 2.00. The van der Waals surface area contributed by atoms with E-state index in [2.05, 4.69) is 20.3 Å². The molecule has 2 aromatic heterocycles. The normalized spacial score (nSPS) is 17.6. The summed E-state index contributed by atoms with van der Waals surface area (Å²) in [7, 11) is 0. The molecule has 0 aromatic carbocycles. The maximum atomic E-state index is 11.6. The van der Waals surface area contributed by atoms with E-state index in [1.165, 1.54) is 0 Å². The van der Waals surface area contributed by atoms with Crippen LogP contribution in [0.1, 0.15) is 42.9 Å². The predicted molar refractivity (Wildman–Crippen MR) is 93.3 cm³/mol. The molecule has 24 heavy (non-hydrogen) atoms. The number of aryl methyl sites for hydroxylation is 2. The average molecular weight is 325 g/mol. The Morgan fingerprint density at radius 3 is 2.75 bits per heavy atom. The number of hydrogen-bond donors (Lipinski definition) is 1. The van der Waals surface area contributed by atoms with E-state index in [1.807, 2.05) is 43.0 Å². The third-order valence-electron chi connectivity index (χ3n) is 4.25. The summed E-state index contributed by atoms with van der Waals surface area (Å²) in [5.74, 6) is 2.63. The van der Waals surface area contributed by atoms with Gasteiger partial charge in [0.1, 0.15) is 17.5 Å². The molecule has 1 saturated heterocycles. The number of nitrogens with zero attached hydrogens (tertiary/aromatic N) is 4. The first-order valence-corrected chi connectivity index (χ1v) is 8.33. The molecule has 1 amide bonds. The van der Waals surface area contributed by atoms with E-state index in [0.717, 1.165) is 48.2 Å². The monoisotopic (exact) mass is 325 g/mol. The summed E-state index contributed by atoms with van der Waals surface area (Å²) in [4.78, 5) is 27.3. The molecule has 0 saturated carbocycles. The van der Waals surface area contributed by atoms with E-state index in [0.29, 0.717) is 6.54 Å². The Balaban J connectivity index is 1.82. The Morgan fingerprint density at radius 1 is 1.17 bits per heavy atom. The van der Waals surface area contributed by atoms with Crippen LogP contribution in [0.4, 0.5) is 11.6 Å². The van der Waals surface area contributed by atoms with Crippen molar-refractivity contribution in [1.29, 1.82) is 0 Å². The molecular formula is C18H23N5O. The smallest absolute Gasteiger partial charge is 0.219 e. The van der Waals surface area contributed by atoms with Gasteiger partial charge in [0, 0.05) is 43.4 Å². The fourth-order valence-electron chi connectivity index (χ4n) is 3.06. The highest BCUT2D eigenvalue weighted by molar-refractivity contribution is 5.73. The van der Waals surface area contributed by atoms with Crippen LogP contribution in [0.5, 0.6) is 0 Å². The van der Waals surface area contributed by atoms with E-state index in [1.54, 1.807) is 6.92 Å². The second-order valence-corrected chi connectivity index (χ2v) is 6.35. The number of aromatic nitrogens is 3. The van der Waals surface area contributed by atoms with Crippen LogP contribution in [0.2, 0.25) is 0 Å². The van der Waals surface area contributed by atoms with Crippen molar-refractivity contribution in [2.24, 2.45) is 0 Å². The minimum Gasteiger partial charge on any atom is -0.342 e. The number of rotatable bonds is 3. The van der Waals surface area contributed by atoms with Crippen molar-refractivity contribution < 1.29 is 4.79 Å². The van der Waals surface area contributed by atoms with Crippen LogP contribution in [0.15, 0.2) is 24.3 Å². The van der Waals surface area contributed by atoms with Gasteiger partial charge in [0.2, 0.25) is 5.91 Å². The lowest BCUT2D eigenvalue weighted by Gasteiger charge is -2.31. The van der Waals surface area contributed by atoms with Gasteiger partial charge in [-0.2, -0.15) is 0 Å². The van der Waals surface area contributed by atoms with Crippen LogP contribution in [0, 0.1) is 13.8 Å². The average Bonchev–Trinajstić information content (AvgIpc) is 2.54. The van der Waals surface area contributed by atoms with Crippen molar-refractivity contribution in [3.8, 4) is 0 Å². The zero-order valence-electron chi connectivity index (χ0n) is 14.4.